The largest absolute Gasteiger partial charge is 0.356 e. The average molecular weight is 613 g/mol. The van der Waals surface area contributed by atoms with E-state index in [9.17, 15) is 4.79 Å². The van der Waals surface area contributed by atoms with Crippen molar-refractivity contribution in [2.24, 2.45) is 5.92 Å². The summed E-state index contributed by atoms with van der Waals surface area (Å²) in [5, 5.41) is 3.25. The number of nitrogens with one attached hydrogen (secondary N) is 1. The maximum Gasteiger partial charge on any atom is 0.221 e. The van der Waals surface area contributed by atoms with E-state index in [-0.39, 0.29) is 5.91 Å². The molecule has 256 valence electrons. The van der Waals surface area contributed by atoms with E-state index in [0.29, 0.717) is 12.3 Å². The van der Waals surface area contributed by atoms with Crippen molar-refractivity contribution >= 4 is 5.91 Å². The van der Waals surface area contributed by atoms with Crippen molar-refractivity contribution in [3.05, 3.63) is 48.6 Å². The molecule has 0 aliphatic heterocycles. The quantitative estimate of drug-likeness (QED) is 0.0590. The highest BCUT2D eigenvalue weighted by Gasteiger charge is 2.11. The van der Waals surface area contributed by atoms with Gasteiger partial charge in [0.2, 0.25) is 5.91 Å². The Labute approximate surface area is 276 Å². The molecular weight excluding hydrogens is 536 g/mol. The van der Waals surface area contributed by atoms with Crippen molar-refractivity contribution in [2.45, 2.75) is 174 Å². The monoisotopic (exact) mass is 613 g/mol. The summed E-state index contributed by atoms with van der Waals surface area (Å²) in [6.07, 6.45) is 50.2. The minimum Gasteiger partial charge on any atom is -0.356 e. The number of carbonyl (C=O) groups excluding carboxylic acids is 1. The van der Waals surface area contributed by atoms with E-state index < -0.39 is 0 Å². The normalized spacial score (nSPS) is 13.0. The fourth-order valence-electron chi connectivity index (χ4n) is 5.50. The topological polar surface area (TPSA) is 32.3 Å². The molecule has 3 nitrogen and oxygen atoms in total. The van der Waals surface area contributed by atoms with Crippen LogP contribution in [0.4, 0.5) is 0 Å². The Hall–Kier alpha value is -1.61. The van der Waals surface area contributed by atoms with E-state index in [1.807, 2.05) is 14.1 Å². The van der Waals surface area contributed by atoms with Gasteiger partial charge in [0.25, 0.3) is 0 Å². The Kier molecular flexibility index (Phi) is 34.6. The second kappa shape index (κ2) is 35.9. The second-order valence-electron chi connectivity index (χ2n) is 13.3. The number of carbonyl (C=O) groups is 1. The molecule has 1 N–H and O–H groups in total. The molecular formula is C41H76N2O. The van der Waals surface area contributed by atoms with Crippen molar-refractivity contribution in [1.29, 1.82) is 0 Å². The zero-order valence-electron chi connectivity index (χ0n) is 30.1. The van der Waals surface area contributed by atoms with E-state index in [1.54, 1.807) is 0 Å². The molecule has 3 heteroatoms. The Morgan fingerprint density at radius 3 is 1.41 bits per heavy atom. The number of amides is 1. The van der Waals surface area contributed by atoms with Crippen LogP contribution in [0.3, 0.4) is 0 Å². The van der Waals surface area contributed by atoms with Gasteiger partial charge >= 0.3 is 0 Å². The molecule has 0 aromatic carbocycles. The standard InChI is InChI=1S/C41H76N2O/c1-5-7-9-11-13-15-17-19-21-22-24-26-28-30-32-34-36-40(39-42-41(44)37-38-43(3)4)35-33-31-29-27-25-23-20-18-16-14-12-10-8-6-2/h12-15,18-21,40H,5-11,16-17,22-39H2,1-4H3,(H,42,44)/b14-12+,15-13-,20-18+,21-19-. The lowest BCUT2D eigenvalue weighted by atomic mass is 9.94. The van der Waals surface area contributed by atoms with E-state index in [4.69, 9.17) is 0 Å². The highest BCUT2D eigenvalue weighted by Crippen LogP contribution is 2.19. The number of nitrogens with zero attached hydrogens (tertiary/aromatic N) is 1. The fraction of sp³-hybridized carbons (Fsp3) is 0.780. The van der Waals surface area contributed by atoms with Crippen LogP contribution in [0.5, 0.6) is 0 Å². The smallest absolute Gasteiger partial charge is 0.221 e. The molecule has 0 aliphatic carbocycles. The zero-order chi connectivity index (χ0) is 32.2. The molecule has 0 saturated heterocycles. The molecule has 44 heavy (non-hydrogen) atoms. The van der Waals surface area contributed by atoms with Gasteiger partial charge in [-0.3, -0.25) is 4.79 Å². The highest BCUT2D eigenvalue weighted by molar-refractivity contribution is 5.76. The zero-order valence-corrected chi connectivity index (χ0v) is 30.1. The molecule has 1 atom stereocenters. The van der Waals surface area contributed by atoms with Crippen LogP contribution in [-0.2, 0) is 4.79 Å². The third-order valence-corrected chi connectivity index (χ3v) is 8.50. The van der Waals surface area contributed by atoms with Gasteiger partial charge in [-0.1, -0.05) is 146 Å². The van der Waals surface area contributed by atoms with Gasteiger partial charge in [-0.05, 0) is 90.6 Å². The summed E-state index contributed by atoms with van der Waals surface area (Å²) in [6, 6.07) is 0. The van der Waals surface area contributed by atoms with Gasteiger partial charge in [0.1, 0.15) is 0 Å². The first-order chi connectivity index (χ1) is 21.6. The van der Waals surface area contributed by atoms with Gasteiger partial charge in [-0.25, -0.2) is 0 Å². The summed E-state index contributed by atoms with van der Waals surface area (Å²) < 4.78 is 0. The molecule has 0 rings (SSSR count). The van der Waals surface area contributed by atoms with Gasteiger partial charge in [0.05, 0.1) is 0 Å². The van der Waals surface area contributed by atoms with Crippen LogP contribution in [0.1, 0.15) is 174 Å². The Balaban J connectivity index is 4.02. The number of hydrogen-bond acceptors (Lipinski definition) is 2. The maximum atomic E-state index is 12.3. The van der Waals surface area contributed by atoms with E-state index in [1.165, 1.54) is 141 Å². The van der Waals surface area contributed by atoms with Crippen LogP contribution >= 0.6 is 0 Å². The lowest BCUT2D eigenvalue weighted by molar-refractivity contribution is -0.121. The molecule has 0 spiro atoms. The van der Waals surface area contributed by atoms with Crippen molar-refractivity contribution < 1.29 is 4.79 Å². The van der Waals surface area contributed by atoms with Crippen molar-refractivity contribution in [3.8, 4) is 0 Å². The number of unbranched alkanes of at least 4 members (excludes halogenated alkanes) is 16. The van der Waals surface area contributed by atoms with Crippen molar-refractivity contribution in [2.75, 3.05) is 27.2 Å². The minimum atomic E-state index is 0.213. The summed E-state index contributed by atoms with van der Waals surface area (Å²) >= 11 is 0. The lowest BCUT2D eigenvalue weighted by Crippen LogP contribution is -2.31. The van der Waals surface area contributed by atoms with Crippen LogP contribution in [0, 0.1) is 5.92 Å². The number of hydrogen-bond donors (Lipinski definition) is 1. The number of rotatable bonds is 33. The molecule has 0 heterocycles. The molecule has 0 bridgehead atoms. The predicted octanol–water partition coefficient (Wildman–Crippen LogP) is 12.3. The van der Waals surface area contributed by atoms with Crippen molar-refractivity contribution in [3.63, 3.8) is 0 Å². The molecule has 0 saturated carbocycles. The predicted molar refractivity (Wildman–Crippen MR) is 198 cm³/mol. The Morgan fingerprint density at radius 2 is 0.955 bits per heavy atom. The van der Waals surface area contributed by atoms with Gasteiger partial charge in [0, 0.05) is 19.5 Å². The number of allylic oxidation sites excluding steroid dienone is 8. The summed E-state index contributed by atoms with van der Waals surface area (Å²) in [5.74, 6) is 0.850. The minimum absolute atomic E-state index is 0.213. The lowest BCUT2D eigenvalue weighted by Gasteiger charge is -2.18. The molecule has 0 radical (unpaired) electrons. The highest BCUT2D eigenvalue weighted by atomic mass is 16.1. The van der Waals surface area contributed by atoms with Gasteiger partial charge in [0.15, 0.2) is 0 Å². The van der Waals surface area contributed by atoms with Crippen molar-refractivity contribution in [1.82, 2.24) is 10.2 Å². The van der Waals surface area contributed by atoms with Crippen LogP contribution < -0.4 is 5.32 Å². The third kappa shape index (κ3) is 34.9. The van der Waals surface area contributed by atoms with Crippen LogP contribution in [-0.4, -0.2) is 38.0 Å². The third-order valence-electron chi connectivity index (χ3n) is 8.50. The molecule has 0 fully saturated rings. The molecule has 0 aromatic heterocycles. The van der Waals surface area contributed by atoms with E-state index in [2.05, 4.69) is 72.7 Å². The molecule has 1 amide bonds. The van der Waals surface area contributed by atoms with Gasteiger partial charge < -0.3 is 10.2 Å². The first kappa shape index (κ1) is 42.4. The maximum absolute atomic E-state index is 12.3. The summed E-state index contributed by atoms with van der Waals surface area (Å²) in [7, 11) is 4.07. The SMILES string of the molecule is CCCC/C=C/C/C=C/CCCCCCCC(CCCCCCCC/C=C\C/C=C\CCCCC)CNC(=O)CCN(C)C. The summed E-state index contributed by atoms with van der Waals surface area (Å²) in [4.78, 5) is 14.4. The fourth-order valence-corrected chi connectivity index (χ4v) is 5.50. The first-order valence-electron chi connectivity index (χ1n) is 19.1. The van der Waals surface area contributed by atoms with Crippen LogP contribution in [0.15, 0.2) is 48.6 Å². The molecule has 0 aromatic rings. The first-order valence-corrected chi connectivity index (χ1v) is 19.1. The van der Waals surface area contributed by atoms with E-state index >= 15 is 0 Å². The summed E-state index contributed by atoms with van der Waals surface area (Å²) in [6.45, 7) is 6.21. The van der Waals surface area contributed by atoms with Crippen LogP contribution in [0.2, 0.25) is 0 Å². The Morgan fingerprint density at radius 1 is 0.545 bits per heavy atom. The average Bonchev–Trinajstić information content (AvgIpc) is 3.02. The Bertz CT molecular complexity index is 705. The van der Waals surface area contributed by atoms with E-state index in [0.717, 1.165) is 25.9 Å². The molecule has 0 aliphatic rings. The second-order valence-corrected chi connectivity index (χ2v) is 13.3. The van der Waals surface area contributed by atoms with Crippen LogP contribution in [0.25, 0.3) is 0 Å². The van der Waals surface area contributed by atoms with Gasteiger partial charge in [-0.15, -0.1) is 0 Å². The molecule has 1 unspecified atom stereocenters. The van der Waals surface area contributed by atoms with Gasteiger partial charge in [-0.2, -0.15) is 0 Å². The summed E-state index contributed by atoms with van der Waals surface area (Å²) in [5.41, 5.74) is 0.